The van der Waals surface area contributed by atoms with Crippen LogP contribution in [-0.4, -0.2) is 37.1 Å². The van der Waals surface area contributed by atoms with Crippen molar-refractivity contribution >= 4 is 23.0 Å². The number of carboxylic acid groups (broad SMARTS) is 1. The summed E-state index contributed by atoms with van der Waals surface area (Å²) in [6.45, 7) is 3.66. The molecule has 90 valence electrons. The number of imidazole rings is 1. The molecule has 0 fully saturated rings. The molecule has 0 aliphatic rings. The van der Waals surface area contributed by atoms with Crippen molar-refractivity contribution < 1.29 is 9.90 Å². The van der Waals surface area contributed by atoms with Crippen molar-refractivity contribution in [2.75, 3.05) is 5.32 Å². The van der Waals surface area contributed by atoms with E-state index in [9.17, 15) is 4.79 Å². The largest absolute Gasteiger partial charge is 0.480 e. The first-order valence-corrected chi connectivity index (χ1v) is 5.23. The lowest BCUT2D eigenvalue weighted by molar-refractivity contribution is -0.138. The number of carboxylic acids is 1. The molecule has 3 N–H and O–H groups in total. The molecule has 0 aliphatic heterocycles. The summed E-state index contributed by atoms with van der Waals surface area (Å²) in [6, 6.07) is -0.698. The SMILES string of the molecule is CC(C)[C@@H](Nc1ncnc2nc[nH]c12)C(=O)O. The average molecular weight is 235 g/mol. The molecular weight excluding hydrogens is 222 g/mol. The van der Waals surface area contributed by atoms with Gasteiger partial charge in [0.2, 0.25) is 0 Å². The van der Waals surface area contributed by atoms with E-state index in [0.29, 0.717) is 17.0 Å². The molecule has 0 aromatic carbocycles. The van der Waals surface area contributed by atoms with E-state index in [-0.39, 0.29) is 5.92 Å². The number of H-pyrrole nitrogens is 1. The number of aliphatic carboxylic acids is 1. The van der Waals surface area contributed by atoms with Gasteiger partial charge < -0.3 is 15.4 Å². The minimum Gasteiger partial charge on any atom is -0.480 e. The lowest BCUT2D eigenvalue weighted by Gasteiger charge is -2.18. The molecule has 0 radical (unpaired) electrons. The van der Waals surface area contributed by atoms with Crippen molar-refractivity contribution in [2.45, 2.75) is 19.9 Å². The Hall–Kier alpha value is -2.18. The van der Waals surface area contributed by atoms with Gasteiger partial charge in [-0.15, -0.1) is 0 Å². The van der Waals surface area contributed by atoms with Crippen LogP contribution in [0.4, 0.5) is 5.82 Å². The van der Waals surface area contributed by atoms with Gasteiger partial charge in [0.15, 0.2) is 11.5 Å². The second-order valence-corrected chi connectivity index (χ2v) is 4.03. The van der Waals surface area contributed by atoms with Gasteiger partial charge in [0.1, 0.15) is 17.9 Å². The Morgan fingerprint density at radius 1 is 1.41 bits per heavy atom. The third-order valence-corrected chi connectivity index (χ3v) is 2.45. The number of carbonyl (C=O) groups is 1. The van der Waals surface area contributed by atoms with Crippen LogP contribution in [0.15, 0.2) is 12.7 Å². The maximum atomic E-state index is 11.1. The molecule has 2 aromatic heterocycles. The Kier molecular flexibility index (Phi) is 2.90. The van der Waals surface area contributed by atoms with Crippen LogP contribution in [0.3, 0.4) is 0 Å². The zero-order valence-corrected chi connectivity index (χ0v) is 9.51. The second kappa shape index (κ2) is 4.36. The Bertz CT molecular complexity index is 536. The van der Waals surface area contributed by atoms with Crippen LogP contribution in [-0.2, 0) is 4.79 Å². The fourth-order valence-corrected chi connectivity index (χ4v) is 1.54. The highest BCUT2D eigenvalue weighted by atomic mass is 16.4. The number of hydrogen-bond acceptors (Lipinski definition) is 5. The predicted molar refractivity (Wildman–Crippen MR) is 61.6 cm³/mol. The third kappa shape index (κ3) is 2.17. The summed E-state index contributed by atoms with van der Waals surface area (Å²) in [5, 5.41) is 12.0. The average Bonchev–Trinajstić information content (AvgIpc) is 2.73. The smallest absolute Gasteiger partial charge is 0.326 e. The maximum Gasteiger partial charge on any atom is 0.326 e. The number of aromatic amines is 1. The highest BCUT2D eigenvalue weighted by Crippen LogP contribution is 2.17. The highest BCUT2D eigenvalue weighted by molar-refractivity contribution is 5.85. The molecule has 7 nitrogen and oxygen atoms in total. The molecule has 0 amide bonds. The quantitative estimate of drug-likeness (QED) is 0.726. The van der Waals surface area contributed by atoms with Crippen molar-refractivity contribution in [3.8, 4) is 0 Å². The van der Waals surface area contributed by atoms with Gasteiger partial charge in [0.25, 0.3) is 0 Å². The summed E-state index contributed by atoms with van der Waals surface area (Å²) in [4.78, 5) is 25.9. The molecule has 7 heteroatoms. The van der Waals surface area contributed by atoms with Crippen LogP contribution in [0.5, 0.6) is 0 Å². The molecule has 0 spiro atoms. The van der Waals surface area contributed by atoms with Gasteiger partial charge in [-0.3, -0.25) is 0 Å². The van der Waals surface area contributed by atoms with E-state index >= 15 is 0 Å². The van der Waals surface area contributed by atoms with Crippen molar-refractivity contribution in [3.63, 3.8) is 0 Å². The van der Waals surface area contributed by atoms with Gasteiger partial charge in [0, 0.05) is 0 Å². The molecular formula is C10H13N5O2. The van der Waals surface area contributed by atoms with Crippen LogP contribution >= 0.6 is 0 Å². The van der Waals surface area contributed by atoms with Crippen LogP contribution < -0.4 is 5.32 Å². The maximum absolute atomic E-state index is 11.1. The lowest BCUT2D eigenvalue weighted by Crippen LogP contribution is -2.34. The molecule has 0 saturated carbocycles. The van der Waals surface area contributed by atoms with E-state index in [0.717, 1.165) is 0 Å². The number of rotatable bonds is 4. The Morgan fingerprint density at radius 3 is 2.82 bits per heavy atom. The zero-order valence-electron chi connectivity index (χ0n) is 9.51. The molecule has 17 heavy (non-hydrogen) atoms. The first kappa shape index (κ1) is 11.3. The standard InChI is InChI=1S/C10H13N5O2/c1-5(2)6(10(16)17)15-9-7-8(12-3-11-7)13-4-14-9/h3-6H,1-2H3,(H,16,17)(H2,11,12,13,14,15)/t6-/m1/s1. The third-order valence-electron chi connectivity index (χ3n) is 2.45. The normalized spacial score (nSPS) is 12.9. The first-order chi connectivity index (χ1) is 8.09. The summed E-state index contributed by atoms with van der Waals surface area (Å²) in [7, 11) is 0. The monoisotopic (exact) mass is 235 g/mol. The minimum absolute atomic E-state index is 0.0552. The van der Waals surface area contributed by atoms with Crippen molar-refractivity contribution in [1.82, 2.24) is 19.9 Å². The van der Waals surface area contributed by atoms with Crippen LogP contribution in [0, 0.1) is 5.92 Å². The number of fused-ring (bicyclic) bond motifs is 1. The van der Waals surface area contributed by atoms with Crippen LogP contribution in [0.25, 0.3) is 11.2 Å². The van der Waals surface area contributed by atoms with Gasteiger partial charge in [-0.05, 0) is 5.92 Å². The summed E-state index contributed by atoms with van der Waals surface area (Å²) in [6.07, 6.45) is 2.85. The topological polar surface area (TPSA) is 104 Å². The summed E-state index contributed by atoms with van der Waals surface area (Å²) in [5.74, 6) is -0.514. The Balaban J connectivity index is 2.34. The van der Waals surface area contributed by atoms with Gasteiger partial charge in [-0.25, -0.2) is 19.7 Å². The molecule has 0 aliphatic carbocycles. The highest BCUT2D eigenvalue weighted by Gasteiger charge is 2.22. The van der Waals surface area contributed by atoms with E-state index in [2.05, 4.69) is 25.3 Å². The minimum atomic E-state index is -0.911. The van der Waals surface area contributed by atoms with E-state index in [1.54, 1.807) is 0 Å². The van der Waals surface area contributed by atoms with Crippen molar-refractivity contribution in [1.29, 1.82) is 0 Å². The number of hydrogen-bond donors (Lipinski definition) is 3. The van der Waals surface area contributed by atoms with E-state index in [1.165, 1.54) is 12.7 Å². The Labute approximate surface area is 97.3 Å². The lowest BCUT2D eigenvalue weighted by atomic mass is 10.1. The van der Waals surface area contributed by atoms with E-state index < -0.39 is 12.0 Å². The fraction of sp³-hybridized carbons (Fsp3) is 0.400. The molecule has 1 atom stereocenters. The van der Waals surface area contributed by atoms with Gasteiger partial charge >= 0.3 is 5.97 Å². The summed E-state index contributed by atoms with van der Waals surface area (Å²) >= 11 is 0. The van der Waals surface area contributed by atoms with Crippen molar-refractivity contribution in [2.24, 2.45) is 5.92 Å². The van der Waals surface area contributed by atoms with Gasteiger partial charge in [-0.1, -0.05) is 13.8 Å². The van der Waals surface area contributed by atoms with E-state index in [4.69, 9.17) is 5.11 Å². The van der Waals surface area contributed by atoms with Crippen LogP contribution in [0.1, 0.15) is 13.8 Å². The molecule has 0 bridgehead atoms. The summed E-state index contributed by atoms with van der Waals surface area (Å²) in [5.41, 5.74) is 1.12. The summed E-state index contributed by atoms with van der Waals surface area (Å²) < 4.78 is 0. The second-order valence-electron chi connectivity index (χ2n) is 4.03. The van der Waals surface area contributed by atoms with E-state index in [1.807, 2.05) is 13.8 Å². The van der Waals surface area contributed by atoms with Gasteiger partial charge in [-0.2, -0.15) is 0 Å². The van der Waals surface area contributed by atoms with Crippen LogP contribution in [0.2, 0.25) is 0 Å². The fourth-order valence-electron chi connectivity index (χ4n) is 1.54. The number of nitrogens with zero attached hydrogens (tertiary/aromatic N) is 3. The number of nitrogens with one attached hydrogen (secondary N) is 2. The van der Waals surface area contributed by atoms with Crippen molar-refractivity contribution in [3.05, 3.63) is 12.7 Å². The number of aromatic nitrogens is 4. The van der Waals surface area contributed by atoms with Gasteiger partial charge in [0.05, 0.1) is 6.33 Å². The Morgan fingerprint density at radius 2 is 2.18 bits per heavy atom. The number of anilines is 1. The molecule has 2 heterocycles. The predicted octanol–water partition coefficient (Wildman–Crippen LogP) is 0.874. The molecule has 2 rings (SSSR count). The molecule has 0 saturated heterocycles. The molecule has 0 unspecified atom stereocenters. The molecule has 2 aromatic rings. The zero-order chi connectivity index (χ0) is 12.4. The first-order valence-electron chi connectivity index (χ1n) is 5.23.